The summed E-state index contributed by atoms with van der Waals surface area (Å²) in [4.78, 5) is 12.6. The average Bonchev–Trinajstić information content (AvgIpc) is 2.79. The number of carbonyl (C=O) groups is 1. The molecule has 0 atom stereocenters. The summed E-state index contributed by atoms with van der Waals surface area (Å²) >= 11 is 6.04. The van der Waals surface area contributed by atoms with E-state index < -0.39 is 5.91 Å². The highest BCUT2D eigenvalue weighted by Gasteiger charge is 2.12. The number of ether oxygens (including phenoxy) is 2. The van der Waals surface area contributed by atoms with Crippen LogP contribution < -0.4 is 14.8 Å². The Morgan fingerprint density at radius 3 is 2.55 bits per heavy atom. The van der Waals surface area contributed by atoms with Gasteiger partial charge in [0, 0.05) is 10.7 Å². The summed E-state index contributed by atoms with van der Waals surface area (Å²) < 4.78 is 11.6. The largest absolute Gasteiger partial charge is 0.490 e. The van der Waals surface area contributed by atoms with Crippen molar-refractivity contribution in [2.45, 2.75) is 27.4 Å². The minimum absolute atomic E-state index is 0.0109. The topological polar surface area (TPSA) is 71.3 Å². The second-order valence-electron chi connectivity index (χ2n) is 7.48. The number of carbonyl (C=O) groups excluding carboxylic acids is 1. The van der Waals surface area contributed by atoms with Gasteiger partial charge in [0.25, 0.3) is 5.91 Å². The first-order valence-electron chi connectivity index (χ1n) is 10.5. The van der Waals surface area contributed by atoms with Gasteiger partial charge in [0.15, 0.2) is 11.5 Å². The molecule has 0 aliphatic heterocycles. The number of hydrogen-bond acceptors (Lipinski definition) is 4. The monoisotopic (exact) mass is 460 g/mol. The number of nitriles is 1. The maximum atomic E-state index is 12.6. The van der Waals surface area contributed by atoms with Crippen LogP contribution in [0.4, 0.5) is 5.69 Å². The summed E-state index contributed by atoms with van der Waals surface area (Å²) in [6, 6.07) is 20.3. The fourth-order valence-electron chi connectivity index (χ4n) is 3.12. The molecule has 6 heteroatoms. The van der Waals surface area contributed by atoms with Gasteiger partial charge in [0.05, 0.1) is 6.61 Å². The van der Waals surface area contributed by atoms with Gasteiger partial charge in [-0.2, -0.15) is 5.26 Å². The van der Waals surface area contributed by atoms with Gasteiger partial charge in [-0.05, 0) is 85.5 Å². The summed E-state index contributed by atoms with van der Waals surface area (Å²) in [7, 11) is 0. The van der Waals surface area contributed by atoms with E-state index in [2.05, 4.69) is 5.32 Å². The van der Waals surface area contributed by atoms with Crippen molar-refractivity contribution >= 4 is 29.3 Å². The van der Waals surface area contributed by atoms with Gasteiger partial charge in [-0.3, -0.25) is 4.79 Å². The van der Waals surface area contributed by atoms with E-state index in [-0.39, 0.29) is 5.57 Å². The molecule has 0 radical (unpaired) electrons. The van der Waals surface area contributed by atoms with Gasteiger partial charge in [0.2, 0.25) is 0 Å². The molecule has 0 bridgehead atoms. The van der Waals surface area contributed by atoms with Crippen LogP contribution in [0.1, 0.15) is 29.2 Å². The zero-order valence-corrected chi connectivity index (χ0v) is 19.6. The zero-order valence-electron chi connectivity index (χ0n) is 18.8. The molecule has 5 nitrogen and oxygen atoms in total. The maximum Gasteiger partial charge on any atom is 0.266 e. The molecule has 1 amide bonds. The molecule has 0 unspecified atom stereocenters. The number of benzene rings is 3. The van der Waals surface area contributed by atoms with Crippen LogP contribution in [0.25, 0.3) is 6.08 Å². The number of rotatable bonds is 8. The predicted molar refractivity (Wildman–Crippen MR) is 132 cm³/mol. The van der Waals surface area contributed by atoms with Crippen molar-refractivity contribution in [1.29, 1.82) is 5.26 Å². The molecule has 0 aliphatic rings. The van der Waals surface area contributed by atoms with Crippen LogP contribution in [0.3, 0.4) is 0 Å². The van der Waals surface area contributed by atoms with Crippen LogP contribution in [-0.2, 0) is 11.4 Å². The molecule has 1 N–H and O–H groups in total. The maximum absolute atomic E-state index is 12.6. The number of halogens is 1. The summed E-state index contributed by atoms with van der Waals surface area (Å²) in [5.41, 5.74) is 4.41. The Bertz CT molecular complexity index is 1230. The van der Waals surface area contributed by atoms with E-state index in [0.717, 1.165) is 16.7 Å². The molecule has 0 heterocycles. The predicted octanol–water partition coefficient (Wildman–Crippen LogP) is 6.48. The lowest BCUT2D eigenvalue weighted by atomic mass is 10.1. The van der Waals surface area contributed by atoms with E-state index in [1.54, 1.807) is 24.3 Å². The summed E-state index contributed by atoms with van der Waals surface area (Å²) in [6.45, 7) is 6.62. The molecular formula is C27H25ClN2O3. The Kier molecular flexibility index (Phi) is 8.12. The Labute approximate surface area is 199 Å². The third-order valence-electron chi connectivity index (χ3n) is 4.99. The second-order valence-corrected chi connectivity index (χ2v) is 7.92. The number of anilines is 1. The molecule has 0 aromatic heterocycles. The van der Waals surface area contributed by atoms with Gasteiger partial charge in [-0.15, -0.1) is 0 Å². The number of aryl methyl sites for hydroxylation is 2. The molecule has 0 aliphatic carbocycles. The van der Waals surface area contributed by atoms with Crippen LogP contribution in [0.2, 0.25) is 5.02 Å². The van der Waals surface area contributed by atoms with Crippen molar-refractivity contribution < 1.29 is 14.3 Å². The molecule has 0 saturated heterocycles. The molecule has 0 spiro atoms. The highest BCUT2D eigenvalue weighted by molar-refractivity contribution is 6.30. The summed E-state index contributed by atoms with van der Waals surface area (Å²) in [6.07, 6.45) is 1.53. The highest BCUT2D eigenvalue weighted by atomic mass is 35.5. The van der Waals surface area contributed by atoms with Gasteiger partial charge < -0.3 is 14.8 Å². The Hall–Kier alpha value is -3.75. The lowest BCUT2D eigenvalue weighted by molar-refractivity contribution is -0.112. The molecule has 0 saturated carbocycles. The SMILES string of the molecule is CCOc1cc(/C=C(\C#N)C(=O)Nc2ccc(C)c(C)c2)ccc1OCc1cccc(Cl)c1. The number of hydrogen-bond donors (Lipinski definition) is 1. The van der Waals surface area contributed by atoms with Crippen molar-refractivity contribution in [2.24, 2.45) is 0 Å². The summed E-state index contributed by atoms with van der Waals surface area (Å²) in [5.74, 6) is 0.618. The third-order valence-corrected chi connectivity index (χ3v) is 5.23. The van der Waals surface area contributed by atoms with Crippen molar-refractivity contribution in [3.63, 3.8) is 0 Å². The fraction of sp³-hybridized carbons (Fsp3) is 0.185. The third kappa shape index (κ3) is 6.61. The summed E-state index contributed by atoms with van der Waals surface area (Å²) in [5, 5.41) is 13.0. The van der Waals surface area contributed by atoms with Crippen LogP contribution in [0.15, 0.2) is 66.2 Å². The van der Waals surface area contributed by atoms with Crippen molar-refractivity contribution in [2.75, 3.05) is 11.9 Å². The Balaban J connectivity index is 1.78. The molecule has 33 heavy (non-hydrogen) atoms. The second kappa shape index (κ2) is 11.2. The first kappa shape index (κ1) is 23.9. The van der Waals surface area contributed by atoms with E-state index in [0.29, 0.717) is 41.0 Å². The zero-order chi connectivity index (χ0) is 23.8. The van der Waals surface area contributed by atoms with Crippen LogP contribution in [0, 0.1) is 25.2 Å². The van der Waals surface area contributed by atoms with Gasteiger partial charge in [-0.25, -0.2) is 0 Å². The normalized spacial score (nSPS) is 10.9. The van der Waals surface area contributed by atoms with E-state index in [1.165, 1.54) is 6.08 Å². The lowest BCUT2D eigenvalue weighted by Gasteiger charge is -2.13. The van der Waals surface area contributed by atoms with Gasteiger partial charge in [0.1, 0.15) is 18.2 Å². The quantitative estimate of drug-likeness (QED) is 0.308. The van der Waals surface area contributed by atoms with Crippen LogP contribution in [-0.4, -0.2) is 12.5 Å². The first-order valence-corrected chi connectivity index (χ1v) is 10.9. The van der Waals surface area contributed by atoms with E-state index in [1.807, 2.05) is 63.2 Å². The fourth-order valence-corrected chi connectivity index (χ4v) is 3.34. The minimum Gasteiger partial charge on any atom is -0.490 e. The van der Waals surface area contributed by atoms with Crippen molar-refractivity contribution in [1.82, 2.24) is 0 Å². The number of nitrogens with zero attached hydrogens (tertiary/aromatic N) is 1. The van der Waals surface area contributed by atoms with Crippen molar-refractivity contribution in [3.8, 4) is 17.6 Å². The Morgan fingerprint density at radius 2 is 1.85 bits per heavy atom. The highest BCUT2D eigenvalue weighted by Crippen LogP contribution is 2.30. The minimum atomic E-state index is -0.472. The number of amides is 1. The molecule has 0 fully saturated rings. The molecular weight excluding hydrogens is 436 g/mol. The molecule has 3 aromatic rings. The average molecular weight is 461 g/mol. The van der Waals surface area contributed by atoms with E-state index >= 15 is 0 Å². The first-order chi connectivity index (χ1) is 15.9. The van der Waals surface area contributed by atoms with E-state index in [9.17, 15) is 10.1 Å². The Morgan fingerprint density at radius 1 is 1.03 bits per heavy atom. The number of nitrogens with one attached hydrogen (secondary N) is 1. The van der Waals surface area contributed by atoms with Gasteiger partial charge >= 0.3 is 0 Å². The van der Waals surface area contributed by atoms with E-state index in [4.69, 9.17) is 21.1 Å². The van der Waals surface area contributed by atoms with Crippen molar-refractivity contribution in [3.05, 3.63) is 93.5 Å². The standard InChI is InChI=1S/C27H25ClN2O3/c1-4-32-26-15-20(9-11-25(26)33-17-21-6-5-7-23(28)14-21)13-22(16-29)27(31)30-24-10-8-18(2)19(3)12-24/h5-15H,4,17H2,1-3H3,(H,30,31)/b22-13+. The molecule has 168 valence electrons. The lowest BCUT2D eigenvalue weighted by Crippen LogP contribution is -2.13. The smallest absolute Gasteiger partial charge is 0.266 e. The van der Waals surface area contributed by atoms with Gasteiger partial charge in [-0.1, -0.05) is 35.9 Å². The molecule has 3 rings (SSSR count). The van der Waals surface area contributed by atoms with Crippen LogP contribution in [0.5, 0.6) is 11.5 Å². The van der Waals surface area contributed by atoms with Crippen LogP contribution >= 0.6 is 11.6 Å². The molecule has 3 aromatic carbocycles.